The highest BCUT2D eigenvalue weighted by molar-refractivity contribution is 6.30. The van der Waals surface area contributed by atoms with Crippen molar-refractivity contribution in [3.63, 3.8) is 0 Å². The fraction of sp³-hybridized carbons (Fsp3) is 0.455. The third kappa shape index (κ3) is 5.81. The number of fused-ring (bicyclic) bond motifs is 1. The van der Waals surface area contributed by atoms with Gasteiger partial charge in [-0.05, 0) is 43.7 Å². The van der Waals surface area contributed by atoms with Gasteiger partial charge in [-0.3, -0.25) is 25.4 Å². The monoisotopic (exact) mass is 521 g/mol. The van der Waals surface area contributed by atoms with E-state index in [2.05, 4.69) is 20.7 Å². The van der Waals surface area contributed by atoms with Crippen molar-refractivity contribution in [1.29, 1.82) is 0 Å². The molecule has 0 aliphatic carbocycles. The van der Waals surface area contributed by atoms with Crippen molar-refractivity contribution in [3.05, 3.63) is 58.4 Å². The summed E-state index contributed by atoms with van der Waals surface area (Å²) < 4.78 is 79.0. The van der Waals surface area contributed by atoms with E-state index in [0.29, 0.717) is 30.8 Å². The Morgan fingerprint density at radius 3 is 2.37 bits per heavy atom. The van der Waals surface area contributed by atoms with Gasteiger partial charge in [0.1, 0.15) is 11.2 Å². The quantitative estimate of drug-likeness (QED) is 0.338. The van der Waals surface area contributed by atoms with Crippen LogP contribution in [0.4, 0.5) is 32.0 Å². The minimum absolute atomic E-state index is 0.0201. The number of carbonyl (C=O) groups is 1. The zero-order valence-corrected chi connectivity index (χ0v) is 19.0. The van der Waals surface area contributed by atoms with Gasteiger partial charge in [0.05, 0.1) is 16.8 Å². The lowest BCUT2D eigenvalue weighted by molar-refractivity contribution is -0.143. The molecule has 2 atom stereocenters. The maximum absolute atomic E-state index is 13.3. The van der Waals surface area contributed by atoms with Gasteiger partial charge in [0.2, 0.25) is 0 Å². The maximum Gasteiger partial charge on any atom is 0.416 e. The highest BCUT2D eigenvalue weighted by Gasteiger charge is 2.39. The first-order valence-corrected chi connectivity index (χ1v) is 11.2. The van der Waals surface area contributed by atoms with Crippen LogP contribution in [-0.4, -0.2) is 52.9 Å². The number of piperazine rings is 1. The zero-order chi connectivity index (χ0) is 25.4. The van der Waals surface area contributed by atoms with Gasteiger partial charge in [-0.15, -0.1) is 0 Å². The highest BCUT2D eigenvalue weighted by atomic mass is 35.5. The molecule has 1 aromatic heterocycles. The fourth-order valence-corrected chi connectivity index (χ4v) is 4.81. The first-order chi connectivity index (χ1) is 16.4. The molecule has 0 radical (unpaired) electrons. The summed E-state index contributed by atoms with van der Waals surface area (Å²) in [5, 5.41) is 0.0833. The number of rotatable bonds is 5. The van der Waals surface area contributed by atoms with Crippen LogP contribution in [-0.2, 0) is 17.1 Å². The van der Waals surface area contributed by atoms with Gasteiger partial charge in [0.15, 0.2) is 0 Å². The summed E-state index contributed by atoms with van der Waals surface area (Å²) in [5.41, 5.74) is 1.34. The Morgan fingerprint density at radius 1 is 1.06 bits per heavy atom. The number of carbonyl (C=O) groups excluding carboxylic acids is 1. The summed E-state index contributed by atoms with van der Waals surface area (Å²) in [4.78, 5) is 21.5. The topological polar surface area (TPSA) is 60.5 Å². The molecule has 35 heavy (non-hydrogen) atoms. The predicted octanol–water partition coefficient (Wildman–Crippen LogP) is 4.74. The van der Waals surface area contributed by atoms with Gasteiger partial charge in [-0.2, -0.15) is 26.3 Å². The summed E-state index contributed by atoms with van der Waals surface area (Å²) in [7, 11) is 0. The van der Waals surface area contributed by atoms with Crippen LogP contribution in [0, 0.1) is 0 Å². The Hall–Kier alpha value is -2.57. The molecule has 190 valence electrons. The lowest BCUT2D eigenvalue weighted by Crippen LogP contribution is -2.54. The molecule has 0 saturated carbocycles. The molecule has 1 unspecified atom stereocenters. The number of anilines is 1. The highest BCUT2D eigenvalue weighted by Crippen LogP contribution is 2.37. The number of benzene rings is 1. The minimum Gasteiger partial charge on any atom is -0.299 e. The minimum atomic E-state index is -5.01. The molecule has 2 aliphatic rings. The molecule has 0 bridgehead atoms. The first kappa shape index (κ1) is 25.5. The smallest absolute Gasteiger partial charge is 0.299 e. The lowest BCUT2D eigenvalue weighted by atomic mass is 10.0. The second kappa shape index (κ2) is 9.82. The third-order valence-electron chi connectivity index (χ3n) is 6.23. The molecule has 1 aromatic carbocycles. The summed E-state index contributed by atoms with van der Waals surface area (Å²) in [5.74, 6) is -0.683. The second-order valence-electron chi connectivity index (χ2n) is 8.52. The number of pyridine rings is 1. The normalized spacial score (nSPS) is 20.4. The predicted molar refractivity (Wildman–Crippen MR) is 116 cm³/mol. The van der Waals surface area contributed by atoms with Gasteiger partial charge < -0.3 is 0 Å². The number of alkyl halides is 6. The number of hydrazine groups is 1. The van der Waals surface area contributed by atoms with E-state index in [-0.39, 0.29) is 17.3 Å². The van der Waals surface area contributed by atoms with Gasteiger partial charge in [-0.25, -0.2) is 4.98 Å². The second-order valence-corrected chi connectivity index (χ2v) is 8.88. The average molecular weight is 522 g/mol. The number of amides is 1. The third-order valence-corrected chi connectivity index (χ3v) is 6.55. The molecule has 2 N–H and O–H groups in total. The lowest BCUT2D eigenvalue weighted by Gasteiger charge is -2.41. The maximum atomic E-state index is 13.3. The molecule has 13 heteroatoms. The van der Waals surface area contributed by atoms with Crippen molar-refractivity contribution < 1.29 is 31.1 Å². The number of hydrogen-bond donors (Lipinski definition) is 2. The van der Waals surface area contributed by atoms with Crippen LogP contribution < -0.4 is 10.9 Å². The van der Waals surface area contributed by atoms with E-state index in [1.807, 2.05) is 4.90 Å². The zero-order valence-electron chi connectivity index (χ0n) is 18.3. The van der Waals surface area contributed by atoms with Crippen molar-refractivity contribution in [1.82, 2.24) is 20.2 Å². The molecule has 1 amide bonds. The van der Waals surface area contributed by atoms with Crippen LogP contribution in [0.5, 0.6) is 0 Å². The van der Waals surface area contributed by atoms with Crippen LogP contribution in [0.15, 0.2) is 36.5 Å². The van der Waals surface area contributed by atoms with Gasteiger partial charge in [0.25, 0.3) is 5.91 Å². The summed E-state index contributed by atoms with van der Waals surface area (Å²) in [6.07, 6.45) is -6.55. The Balaban J connectivity index is 1.59. The van der Waals surface area contributed by atoms with E-state index in [9.17, 15) is 31.1 Å². The van der Waals surface area contributed by atoms with E-state index < -0.39 is 41.1 Å². The molecule has 4 rings (SSSR count). The average Bonchev–Trinajstić information content (AvgIpc) is 3.26. The van der Waals surface area contributed by atoms with E-state index in [4.69, 9.17) is 11.6 Å². The molecule has 3 heterocycles. The van der Waals surface area contributed by atoms with Crippen molar-refractivity contribution in [2.45, 2.75) is 37.3 Å². The number of halogens is 7. The molecule has 2 aromatic rings. The molecule has 0 spiro atoms. The SMILES string of the molecule is O=C(NNc1cc(C(F)(F)F)cc(C(F)(F)F)c1)C(c1cccnc1Cl)N1CCN2CCC[C@@H]2C1. The van der Waals surface area contributed by atoms with E-state index in [1.54, 1.807) is 12.1 Å². The van der Waals surface area contributed by atoms with Crippen molar-refractivity contribution in [2.75, 3.05) is 31.6 Å². The summed E-state index contributed by atoms with van der Waals surface area (Å²) >= 11 is 6.25. The summed E-state index contributed by atoms with van der Waals surface area (Å²) in [6, 6.07) is 3.54. The standard InChI is InChI=1S/C22H22ClF6N5O/c23-19-17(4-1-5-30-19)18(34-8-7-33-6-2-3-16(33)12-34)20(35)32-31-15-10-13(21(24,25)26)9-14(11-15)22(27,28)29/h1,4-5,9-11,16,18,31H,2-3,6-8,12H2,(H,32,35)/t16-,18?/m1/s1. The van der Waals surface area contributed by atoms with Gasteiger partial charge >= 0.3 is 12.4 Å². The Kier molecular flexibility index (Phi) is 7.16. The molecule has 6 nitrogen and oxygen atoms in total. The first-order valence-electron chi connectivity index (χ1n) is 10.9. The molecule has 2 fully saturated rings. The molecular formula is C22H22ClF6N5O. The van der Waals surface area contributed by atoms with Crippen LogP contribution in [0.1, 0.15) is 35.6 Å². The Bertz CT molecular complexity index is 1050. The summed E-state index contributed by atoms with van der Waals surface area (Å²) in [6.45, 7) is 2.79. The Labute approximate surface area is 202 Å². The van der Waals surface area contributed by atoms with E-state index in [0.717, 1.165) is 25.9 Å². The number of aromatic nitrogens is 1. The van der Waals surface area contributed by atoms with Gasteiger partial charge in [0, 0.05) is 37.4 Å². The van der Waals surface area contributed by atoms with Crippen molar-refractivity contribution in [2.24, 2.45) is 0 Å². The Morgan fingerprint density at radius 2 is 1.74 bits per heavy atom. The van der Waals surface area contributed by atoms with Crippen molar-refractivity contribution >= 4 is 23.2 Å². The van der Waals surface area contributed by atoms with Crippen LogP contribution in [0.2, 0.25) is 5.15 Å². The van der Waals surface area contributed by atoms with Crippen LogP contribution in [0.3, 0.4) is 0 Å². The molecule has 2 aliphatic heterocycles. The molecular weight excluding hydrogens is 500 g/mol. The van der Waals surface area contributed by atoms with Crippen molar-refractivity contribution in [3.8, 4) is 0 Å². The van der Waals surface area contributed by atoms with E-state index >= 15 is 0 Å². The number of hydrogen-bond acceptors (Lipinski definition) is 5. The largest absolute Gasteiger partial charge is 0.416 e. The fourth-order valence-electron chi connectivity index (χ4n) is 4.59. The number of nitrogens with zero attached hydrogens (tertiary/aromatic N) is 3. The van der Waals surface area contributed by atoms with Gasteiger partial charge in [-0.1, -0.05) is 17.7 Å². The van der Waals surface area contributed by atoms with Crippen LogP contribution in [0.25, 0.3) is 0 Å². The van der Waals surface area contributed by atoms with E-state index in [1.165, 1.54) is 6.20 Å². The molecule has 2 saturated heterocycles. The van der Waals surface area contributed by atoms with Crippen LogP contribution >= 0.6 is 11.6 Å². The number of nitrogens with one attached hydrogen (secondary N) is 2.